The van der Waals surface area contributed by atoms with Crippen molar-refractivity contribution in [3.63, 3.8) is 0 Å². The van der Waals surface area contributed by atoms with Gasteiger partial charge >= 0.3 is 0 Å². The maximum Gasteiger partial charge on any atom is 0.256 e. The van der Waals surface area contributed by atoms with Crippen LogP contribution >= 0.6 is 0 Å². The van der Waals surface area contributed by atoms with E-state index >= 15 is 0 Å². The van der Waals surface area contributed by atoms with Crippen LogP contribution in [-0.2, 0) is 9.53 Å². The third kappa shape index (κ3) is 6.89. The molecule has 1 amide bonds. The van der Waals surface area contributed by atoms with E-state index < -0.39 is 5.60 Å². The summed E-state index contributed by atoms with van der Waals surface area (Å²) in [5, 5.41) is 2.87. The quantitative estimate of drug-likeness (QED) is 0.628. The highest BCUT2D eigenvalue weighted by atomic mass is 16.5. The number of anilines is 1. The molecule has 1 aromatic rings. The van der Waals surface area contributed by atoms with Crippen LogP contribution in [0, 0.1) is 0 Å². The predicted molar refractivity (Wildman–Crippen MR) is 98.7 cm³/mol. The highest BCUT2D eigenvalue weighted by Gasteiger charge is 2.27. The summed E-state index contributed by atoms with van der Waals surface area (Å²) in [7, 11) is 0. The molecule has 1 aromatic carbocycles. The lowest BCUT2D eigenvalue weighted by Gasteiger charge is -2.23. The fourth-order valence-corrected chi connectivity index (χ4v) is 2.36. The number of amides is 1. The molecule has 0 saturated heterocycles. The average Bonchev–Trinajstić information content (AvgIpc) is 2.56. The Hall–Kier alpha value is -1.59. The Labute approximate surface area is 146 Å². The van der Waals surface area contributed by atoms with Crippen LogP contribution in [0.2, 0.25) is 0 Å². The van der Waals surface area contributed by atoms with Crippen molar-refractivity contribution in [1.82, 2.24) is 4.90 Å². The number of ether oxygens (including phenoxy) is 2. The van der Waals surface area contributed by atoms with Crippen LogP contribution in [0.25, 0.3) is 0 Å². The molecule has 5 heteroatoms. The molecule has 0 saturated carbocycles. The molecule has 0 unspecified atom stereocenters. The molecule has 0 atom stereocenters. The van der Waals surface area contributed by atoms with E-state index in [0.717, 1.165) is 37.5 Å². The van der Waals surface area contributed by atoms with E-state index in [0.29, 0.717) is 13.2 Å². The zero-order valence-corrected chi connectivity index (χ0v) is 15.7. The number of nitrogens with one attached hydrogen (secondary N) is 1. The molecule has 24 heavy (non-hydrogen) atoms. The second-order valence-electron chi connectivity index (χ2n) is 6.15. The van der Waals surface area contributed by atoms with Crippen molar-refractivity contribution in [3.05, 3.63) is 24.3 Å². The molecular formula is C19H32N2O3. The lowest BCUT2D eigenvalue weighted by Crippen LogP contribution is -2.39. The highest BCUT2D eigenvalue weighted by molar-refractivity contribution is 5.96. The first-order valence-electron chi connectivity index (χ1n) is 8.83. The van der Waals surface area contributed by atoms with Gasteiger partial charge in [-0.1, -0.05) is 13.8 Å². The third-order valence-electron chi connectivity index (χ3n) is 3.95. The van der Waals surface area contributed by atoms with Gasteiger partial charge in [0.05, 0.1) is 6.61 Å². The van der Waals surface area contributed by atoms with Gasteiger partial charge in [0.1, 0.15) is 11.4 Å². The number of hydrogen-bond acceptors (Lipinski definition) is 4. The molecular weight excluding hydrogens is 304 g/mol. The number of carbonyl (C=O) groups excluding carboxylic acids is 1. The minimum atomic E-state index is -0.839. The number of hydrogen-bond donors (Lipinski definition) is 1. The first kappa shape index (κ1) is 20.5. The van der Waals surface area contributed by atoms with E-state index in [4.69, 9.17) is 9.47 Å². The maximum atomic E-state index is 12.2. The van der Waals surface area contributed by atoms with Crippen molar-refractivity contribution >= 4 is 11.6 Å². The van der Waals surface area contributed by atoms with Crippen molar-refractivity contribution in [2.45, 2.75) is 46.6 Å². The van der Waals surface area contributed by atoms with Crippen molar-refractivity contribution in [2.75, 3.05) is 38.2 Å². The van der Waals surface area contributed by atoms with E-state index in [1.165, 1.54) is 0 Å². The summed E-state index contributed by atoms with van der Waals surface area (Å²) in [4.78, 5) is 14.5. The molecule has 0 aliphatic carbocycles. The largest absolute Gasteiger partial charge is 0.494 e. The van der Waals surface area contributed by atoms with Crippen LogP contribution in [0.5, 0.6) is 5.75 Å². The van der Waals surface area contributed by atoms with Crippen molar-refractivity contribution in [2.24, 2.45) is 0 Å². The van der Waals surface area contributed by atoms with E-state index in [9.17, 15) is 4.79 Å². The van der Waals surface area contributed by atoms with Gasteiger partial charge in [-0.25, -0.2) is 0 Å². The molecule has 0 aliphatic rings. The lowest BCUT2D eigenvalue weighted by atomic mass is 10.1. The Kier molecular flexibility index (Phi) is 8.79. The first-order valence-corrected chi connectivity index (χ1v) is 8.83. The molecule has 0 spiro atoms. The maximum absolute atomic E-state index is 12.2. The van der Waals surface area contributed by atoms with E-state index in [-0.39, 0.29) is 5.91 Å². The lowest BCUT2D eigenvalue weighted by molar-refractivity contribution is -0.136. The summed E-state index contributed by atoms with van der Waals surface area (Å²) >= 11 is 0. The van der Waals surface area contributed by atoms with Gasteiger partial charge < -0.3 is 19.7 Å². The number of benzene rings is 1. The Morgan fingerprint density at radius 3 is 2.29 bits per heavy atom. The minimum Gasteiger partial charge on any atom is -0.494 e. The molecule has 0 radical (unpaired) electrons. The monoisotopic (exact) mass is 336 g/mol. The first-order chi connectivity index (χ1) is 11.4. The Balaban J connectivity index is 2.42. The summed E-state index contributed by atoms with van der Waals surface area (Å²) < 4.78 is 11.2. The zero-order chi connectivity index (χ0) is 18.0. The van der Waals surface area contributed by atoms with Crippen molar-refractivity contribution in [1.29, 1.82) is 0 Å². The SMILES string of the molecule is CCOC(C)(C)C(=O)Nc1ccc(OCCCN(CC)CC)cc1. The fraction of sp³-hybridized carbons (Fsp3) is 0.632. The van der Waals surface area contributed by atoms with Gasteiger partial charge in [-0.05, 0) is 64.5 Å². The predicted octanol–water partition coefficient (Wildman–Crippen LogP) is 3.55. The number of carbonyl (C=O) groups is 1. The van der Waals surface area contributed by atoms with E-state index in [2.05, 4.69) is 24.1 Å². The van der Waals surface area contributed by atoms with Gasteiger partial charge in [0.15, 0.2) is 0 Å². The number of rotatable bonds is 11. The van der Waals surface area contributed by atoms with Crippen LogP contribution in [0.3, 0.4) is 0 Å². The molecule has 0 bridgehead atoms. The van der Waals surface area contributed by atoms with Gasteiger partial charge in [0, 0.05) is 18.8 Å². The summed E-state index contributed by atoms with van der Waals surface area (Å²) in [6.07, 6.45) is 1.00. The second-order valence-corrected chi connectivity index (χ2v) is 6.15. The normalized spacial score (nSPS) is 11.6. The summed E-state index contributed by atoms with van der Waals surface area (Å²) in [6.45, 7) is 14.1. The molecule has 0 aliphatic heterocycles. The molecule has 0 aromatic heterocycles. The Bertz CT molecular complexity index is 482. The van der Waals surface area contributed by atoms with Gasteiger partial charge in [0.2, 0.25) is 0 Å². The molecule has 1 rings (SSSR count). The van der Waals surface area contributed by atoms with Crippen molar-refractivity contribution < 1.29 is 14.3 Å². The standard InChI is InChI=1S/C19H32N2O3/c1-6-21(7-2)14-9-15-23-17-12-10-16(11-13-17)20-18(22)19(4,5)24-8-3/h10-13H,6-9,14-15H2,1-5H3,(H,20,22). The van der Waals surface area contributed by atoms with Gasteiger partial charge in [0.25, 0.3) is 5.91 Å². The van der Waals surface area contributed by atoms with E-state index in [1.807, 2.05) is 31.2 Å². The topological polar surface area (TPSA) is 50.8 Å². The molecule has 1 N–H and O–H groups in total. The van der Waals surface area contributed by atoms with Gasteiger partial charge in [-0.2, -0.15) is 0 Å². The second kappa shape index (κ2) is 10.3. The molecule has 0 fully saturated rings. The average molecular weight is 336 g/mol. The number of nitrogens with zero attached hydrogens (tertiary/aromatic N) is 1. The summed E-state index contributed by atoms with van der Waals surface area (Å²) in [6, 6.07) is 7.45. The Morgan fingerprint density at radius 2 is 1.75 bits per heavy atom. The van der Waals surface area contributed by atoms with Crippen LogP contribution in [0.4, 0.5) is 5.69 Å². The van der Waals surface area contributed by atoms with E-state index in [1.54, 1.807) is 13.8 Å². The van der Waals surface area contributed by atoms with Gasteiger partial charge in [-0.15, -0.1) is 0 Å². The molecule has 0 heterocycles. The van der Waals surface area contributed by atoms with Crippen LogP contribution in [0.15, 0.2) is 24.3 Å². The van der Waals surface area contributed by atoms with Crippen LogP contribution in [0.1, 0.15) is 41.0 Å². The van der Waals surface area contributed by atoms with Crippen LogP contribution < -0.4 is 10.1 Å². The van der Waals surface area contributed by atoms with Crippen LogP contribution in [-0.4, -0.2) is 49.3 Å². The molecule has 136 valence electrons. The molecule has 5 nitrogen and oxygen atoms in total. The fourth-order valence-electron chi connectivity index (χ4n) is 2.36. The van der Waals surface area contributed by atoms with Crippen molar-refractivity contribution in [3.8, 4) is 5.75 Å². The Morgan fingerprint density at radius 1 is 1.12 bits per heavy atom. The van der Waals surface area contributed by atoms with Gasteiger partial charge in [-0.3, -0.25) is 4.79 Å². The highest BCUT2D eigenvalue weighted by Crippen LogP contribution is 2.18. The summed E-state index contributed by atoms with van der Waals surface area (Å²) in [5.41, 5.74) is -0.0998. The third-order valence-corrected chi connectivity index (χ3v) is 3.95. The summed E-state index contributed by atoms with van der Waals surface area (Å²) in [5.74, 6) is 0.661. The minimum absolute atomic E-state index is 0.155. The smallest absolute Gasteiger partial charge is 0.256 e. The zero-order valence-electron chi connectivity index (χ0n) is 15.7.